The van der Waals surface area contributed by atoms with Crippen LogP contribution in [0.15, 0.2) is 36.4 Å². The lowest BCUT2D eigenvalue weighted by molar-refractivity contribution is 0.394. The highest BCUT2D eigenvalue weighted by molar-refractivity contribution is 5.58. The second-order valence-corrected chi connectivity index (χ2v) is 5.13. The smallest absolute Gasteiger partial charge is 0.175 e. The molecule has 21 heavy (non-hydrogen) atoms. The van der Waals surface area contributed by atoms with Gasteiger partial charge in [-0.1, -0.05) is 44.9 Å². The van der Waals surface area contributed by atoms with Crippen LogP contribution in [-0.2, 0) is 12.8 Å². The second-order valence-electron chi connectivity index (χ2n) is 5.13. The Bertz CT molecular complexity index is 591. The number of hydrogen-bond acceptors (Lipinski definition) is 3. The number of aryl methyl sites for hydroxylation is 1. The van der Waals surface area contributed by atoms with Gasteiger partial charge in [0, 0.05) is 5.56 Å². The van der Waals surface area contributed by atoms with Gasteiger partial charge in [0.2, 0.25) is 0 Å². The van der Waals surface area contributed by atoms with Crippen LogP contribution in [0, 0.1) is 0 Å². The highest BCUT2D eigenvalue weighted by Crippen LogP contribution is 2.42. The van der Waals surface area contributed by atoms with Crippen molar-refractivity contribution in [2.24, 2.45) is 0 Å². The Kier molecular flexibility index (Phi) is 5.09. The average molecular weight is 286 g/mol. The predicted octanol–water partition coefficient (Wildman–Crippen LogP) is 4.80. The lowest BCUT2D eigenvalue weighted by Gasteiger charge is -2.16. The summed E-state index contributed by atoms with van der Waals surface area (Å²) in [6, 6.07) is 10.9. The van der Waals surface area contributed by atoms with Crippen molar-refractivity contribution in [2.45, 2.75) is 39.5 Å². The van der Waals surface area contributed by atoms with E-state index in [1.165, 1.54) is 0 Å². The number of phenols is 2. The molecule has 112 valence electrons. The summed E-state index contributed by atoms with van der Waals surface area (Å²) in [6.45, 7) is 4.08. The molecule has 0 aliphatic rings. The van der Waals surface area contributed by atoms with E-state index in [2.05, 4.69) is 0 Å². The first-order chi connectivity index (χ1) is 10.2. The first-order valence-electron chi connectivity index (χ1n) is 7.46. The Morgan fingerprint density at radius 1 is 0.952 bits per heavy atom. The molecule has 0 atom stereocenters. The molecule has 2 aromatic rings. The van der Waals surface area contributed by atoms with E-state index in [1.807, 2.05) is 44.2 Å². The highest BCUT2D eigenvalue weighted by atomic mass is 16.5. The van der Waals surface area contributed by atoms with Crippen molar-refractivity contribution < 1.29 is 14.9 Å². The van der Waals surface area contributed by atoms with Crippen LogP contribution in [0.25, 0.3) is 0 Å². The number of phenolic OH excluding ortho intramolecular Hbond substituents is 2. The third-order valence-corrected chi connectivity index (χ3v) is 3.39. The lowest BCUT2D eigenvalue weighted by Crippen LogP contribution is -1.97. The zero-order valence-corrected chi connectivity index (χ0v) is 12.6. The van der Waals surface area contributed by atoms with E-state index < -0.39 is 0 Å². The summed E-state index contributed by atoms with van der Waals surface area (Å²) < 4.78 is 5.80. The fraction of sp³-hybridized carbons (Fsp3) is 0.333. The van der Waals surface area contributed by atoms with Gasteiger partial charge in [0.1, 0.15) is 11.5 Å². The van der Waals surface area contributed by atoms with Gasteiger partial charge in [-0.3, -0.25) is 0 Å². The van der Waals surface area contributed by atoms with Crippen LogP contribution in [0.4, 0.5) is 0 Å². The molecule has 2 N–H and O–H groups in total. The van der Waals surface area contributed by atoms with Crippen molar-refractivity contribution >= 4 is 0 Å². The van der Waals surface area contributed by atoms with Crippen LogP contribution in [0.3, 0.4) is 0 Å². The van der Waals surface area contributed by atoms with E-state index in [-0.39, 0.29) is 11.5 Å². The molecule has 0 aromatic heterocycles. The number of benzene rings is 2. The number of rotatable bonds is 6. The minimum atomic E-state index is 0.0866. The molecule has 0 amide bonds. The maximum absolute atomic E-state index is 10.4. The van der Waals surface area contributed by atoms with E-state index in [9.17, 15) is 10.2 Å². The van der Waals surface area contributed by atoms with Gasteiger partial charge < -0.3 is 14.9 Å². The molecule has 0 fully saturated rings. The van der Waals surface area contributed by atoms with E-state index in [0.29, 0.717) is 23.5 Å². The fourth-order valence-corrected chi connectivity index (χ4v) is 2.42. The summed E-state index contributed by atoms with van der Waals surface area (Å²) in [4.78, 5) is 0. The molecule has 0 radical (unpaired) electrons. The van der Waals surface area contributed by atoms with Crippen LogP contribution >= 0.6 is 0 Å². The first-order valence-corrected chi connectivity index (χ1v) is 7.46. The molecule has 0 bridgehead atoms. The van der Waals surface area contributed by atoms with Crippen LogP contribution in [0.5, 0.6) is 23.0 Å². The molecule has 0 aliphatic carbocycles. The Morgan fingerprint density at radius 3 is 2.24 bits per heavy atom. The van der Waals surface area contributed by atoms with Gasteiger partial charge in [-0.2, -0.15) is 0 Å². The van der Waals surface area contributed by atoms with E-state index >= 15 is 0 Å². The molecule has 0 saturated carbocycles. The zero-order chi connectivity index (χ0) is 15.2. The Hall–Kier alpha value is -2.16. The predicted molar refractivity (Wildman–Crippen MR) is 84.3 cm³/mol. The Balaban J connectivity index is 2.46. The summed E-state index contributed by atoms with van der Waals surface area (Å²) in [5.74, 6) is 1.35. The van der Waals surface area contributed by atoms with Crippen molar-refractivity contribution in [3.63, 3.8) is 0 Å². The zero-order valence-electron chi connectivity index (χ0n) is 12.6. The largest absolute Gasteiger partial charge is 0.507 e. The minimum Gasteiger partial charge on any atom is -0.507 e. The first kappa shape index (κ1) is 15.2. The SMILES string of the molecule is CCCc1cc(O)c(Oc2ccccc2)c(CCC)c1O. The summed E-state index contributed by atoms with van der Waals surface area (Å²) >= 11 is 0. The molecule has 2 rings (SSSR count). The van der Waals surface area contributed by atoms with E-state index in [0.717, 1.165) is 24.8 Å². The molecule has 0 spiro atoms. The van der Waals surface area contributed by atoms with Crippen molar-refractivity contribution in [3.05, 3.63) is 47.5 Å². The van der Waals surface area contributed by atoms with Gasteiger partial charge in [-0.05, 0) is 36.6 Å². The molecular weight excluding hydrogens is 264 g/mol. The van der Waals surface area contributed by atoms with E-state index in [4.69, 9.17) is 4.74 Å². The normalized spacial score (nSPS) is 10.6. The van der Waals surface area contributed by atoms with Crippen LogP contribution in [0.1, 0.15) is 37.8 Å². The molecule has 0 aliphatic heterocycles. The minimum absolute atomic E-state index is 0.0866. The number of aromatic hydroxyl groups is 2. The number of ether oxygens (including phenoxy) is 1. The maximum Gasteiger partial charge on any atom is 0.175 e. The van der Waals surface area contributed by atoms with Gasteiger partial charge in [0.05, 0.1) is 0 Å². The fourth-order valence-electron chi connectivity index (χ4n) is 2.42. The molecule has 3 heteroatoms. The molecule has 2 aromatic carbocycles. The quantitative estimate of drug-likeness (QED) is 0.750. The summed E-state index contributed by atoms with van der Waals surface area (Å²) in [6.07, 6.45) is 3.19. The average Bonchev–Trinajstić information content (AvgIpc) is 2.49. The number of para-hydroxylation sites is 1. The molecule has 0 heterocycles. The van der Waals surface area contributed by atoms with Gasteiger partial charge in [-0.25, -0.2) is 0 Å². The molecule has 0 unspecified atom stereocenters. The van der Waals surface area contributed by atoms with Gasteiger partial charge in [-0.15, -0.1) is 0 Å². The topological polar surface area (TPSA) is 49.7 Å². The molecule has 3 nitrogen and oxygen atoms in total. The van der Waals surface area contributed by atoms with Gasteiger partial charge in [0.15, 0.2) is 11.5 Å². The third-order valence-electron chi connectivity index (χ3n) is 3.39. The van der Waals surface area contributed by atoms with E-state index in [1.54, 1.807) is 6.07 Å². The Labute approximate surface area is 125 Å². The van der Waals surface area contributed by atoms with Crippen molar-refractivity contribution in [1.29, 1.82) is 0 Å². The van der Waals surface area contributed by atoms with Crippen LogP contribution in [-0.4, -0.2) is 10.2 Å². The van der Waals surface area contributed by atoms with Crippen LogP contribution in [0.2, 0.25) is 0 Å². The van der Waals surface area contributed by atoms with Gasteiger partial charge in [0.25, 0.3) is 0 Å². The van der Waals surface area contributed by atoms with Crippen molar-refractivity contribution in [1.82, 2.24) is 0 Å². The second kappa shape index (κ2) is 7.02. The van der Waals surface area contributed by atoms with Crippen LogP contribution < -0.4 is 4.74 Å². The van der Waals surface area contributed by atoms with Gasteiger partial charge >= 0.3 is 0 Å². The highest BCUT2D eigenvalue weighted by Gasteiger charge is 2.18. The lowest BCUT2D eigenvalue weighted by atomic mass is 10.00. The van der Waals surface area contributed by atoms with Crippen molar-refractivity contribution in [2.75, 3.05) is 0 Å². The standard InChI is InChI=1S/C18H22O3/c1-3-8-13-12-16(19)18(15(9-4-2)17(13)20)21-14-10-6-5-7-11-14/h5-7,10-12,19-20H,3-4,8-9H2,1-2H3. The summed E-state index contributed by atoms with van der Waals surface area (Å²) in [5, 5.41) is 20.7. The number of hydrogen-bond donors (Lipinski definition) is 2. The molecular formula is C18H22O3. The summed E-state index contributed by atoms with van der Waals surface area (Å²) in [5.41, 5.74) is 1.46. The van der Waals surface area contributed by atoms with Crippen molar-refractivity contribution in [3.8, 4) is 23.0 Å². The maximum atomic E-state index is 10.4. The summed E-state index contributed by atoms with van der Waals surface area (Å²) in [7, 11) is 0. The monoisotopic (exact) mass is 286 g/mol. The third kappa shape index (κ3) is 3.48. The Morgan fingerprint density at radius 2 is 1.62 bits per heavy atom. The molecule has 0 saturated heterocycles.